The maximum atomic E-state index is 5.68. The van der Waals surface area contributed by atoms with Crippen molar-refractivity contribution in [2.24, 2.45) is 5.73 Å². The third kappa shape index (κ3) is 2.58. The van der Waals surface area contributed by atoms with Gasteiger partial charge in [0, 0.05) is 23.1 Å². The summed E-state index contributed by atoms with van der Waals surface area (Å²) >= 11 is 3.34. The van der Waals surface area contributed by atoms with Gasteiger partial charge in [-0.2, -0.15) is 0 Å². The fourth-order valence-electron chi connectivity index (χ4n) is 1.39. The Hall–Kier alpha value is 0.140. The molecule has 0 aromatic heterocycles. The lowest BCUT2D eigenvalue weighted by Gasteiger charge is -2.39. The van der Waals surface area contributed by atoms with Crippen LogP contribution in [0.4, 0.5) is 0 Å². The molecule has 0 unspecified atom stereocenters. The smallest absolute Gasteiger partial charge is 0.0293 e. The highest BCUT2D eigenvalue weighted by atomic mass is 79.9. The van der Waals surface area contributed by atoms with E-state index in [1.54, 1.807) is 0 Å². The number of nitrogens with two attached hydrogens (primary N) is 1. The van der Waals surface area contributed by atoms with Crippen LogP contribution >= 0.6 is 15.9 Å². The Labute approximate surface area is 76.6 Å². The van der Waals surface area contributed by atoms with E-state index in [2.05, 4.69) is 34.5 Å². The van der Waals surface area contributed by atoms with Gasteiger partial charge in [0.2, 0.25) is 0 Å². The first kappa shape index (κ1) is 9.23. The minimum absolute atomic E-state index is 0.436. The fraction of sp³-hybridized carbons (Fsp3) is 0.750. The van der Waals surface area contributed by atoms with Crippen molar-refractivity contribution in [3.8, 4) is 0 Å². The van der Waals surface area contributed by atoms with Gasteiger partial charge in [0.05, 0.1) is 0 Å². The van der Waals surface area contributed by atoms with Crippen molar-refractivity contribution in [2.75, 3.05) is 13.6 Å². The van der Waals surface area contributed by atoms with Crippen LogP contribution in [0.2, 0.25) is 0 Å². The van der Waals surface area contributed by atoms with Crippen molar-refractivity contribution >= 4 is 15.9 Å². The second-order valence-electron chi connectivity index (χ2n) is 3.32. The van der Waals surface area contributed by atoms with Gasteiger partial charge in [0.25, 0.3) is 0 Å². The van der Waals surface area contributed by atoms with Crippen molar-refractivity contribution in [2.45, 2.75) is 24.9 Å². The number of hydrogen-bond donors (Lipinski definition) is 1. The molecule has 0 aromatic carbocycles. The monoisotopic (exact) mass is 218 g/mol. The first-order valence-corrected chi connectivity index (χ1v) is 4.68. The summed E-state index contributed by atoms with van der Waals surface area (Å²) in [6.45, 7) is 4.73. The standard InChI is InChI=1S/C8H15BrN2/c1-6(9)5-11(2)8-3-7(10)4-8/h7-8H,1,3-5,10H2,2H3. The average Bonchev–Trinajstić information content (AvgIpc) is 1.79. The predicted octanol–water partition coefficient (Wildman–Crippen LogP) is 1.32. The lowest BCUT2D eigenvalue weighted by atomic mass is 9.86. The highest BCUT2D eigenvalue weighted by molar-refractivity contribution is 9.11. The number of hydrogen-bond acceptors (Lipinski definition) is 2. The molecule has 0 atom stereocenters. The molecule has 0 spiro atoms. The Bertz CT molecular complexity index is 152. The summed E-state index contributed by atoms with van der Waals surface area (Å²) in [6, 6.07) is 1.12. The summed E-state index contributed by atoms with van der Waals surface area (Å²) in [5.41, 5.74) is 5.68. The van der Waals surface area contributed by atoms with Crippen LogP contribution < -0.4 is 5.73 Å². The van der Waals surface area contributed by atoms with Crippen molar-refractivity contribution in [1.29, 1.82) is 0 Å². The summed E-state index contributed by atoms with van der Waals surface area (Å²) in [6.07, 6.45) is 2.27. The van der Waals surface area contributed by atoms with Crippen LogP contribution in [-0.4, -0.2) is 30.6 Å². The summed E-state index contributed by atoms with van der Waals surface area (Å²) in [4.78, 5) is 2.29. The highest BCUT2D eigenvalue weighted by Crippen LogP contribution is 2.23. The van der Waals surface area contributed by atoms with Crippen LogP contribution in [0.1, 0.15) is 12.8 Å². The zero-order valence-corrected chi connectivity index (χ0v) is 8.47. The molecule has 1 fully saturated rings. The second kappa shape index (κ2) is 3.70. The first-order valence-electron chi connectivity index (χ1n) is 3.88. The van der Waals surface area contributed by atoms with E-state index in [1.807, 2.05) is 0 Å². The number of nitrogens with zero attached hydrogens (tertiary/aromatic N) is 1. The van der Waals surface area contributed by atoms with Crippen LogP contribution in [0, 0.1) is 0 Å². The number of likely N-dealkylation sites (N-methyl/N-ethyl adjacent to an activating group) is 1. The van der Waals surface area contributed by atoms with Gasteiger partial charge in [-0.25, -0.2) is 0 Å². The minimum Gasteiger partial charge on any atom is -0.328 e. The van der Waals surface area contributed by atoms with Crippen LogP contribution in [0.15, 0.2) is 11.1 Å². The minimum atomic E-state index is 0.436. The largest absolute Gasteiger partial charge is 0.328 e. The molecule has 0 aromatic rings. The van der Waals surface area contributed by atoms with E-state index in [1.165, 1.54) is 0 Å². The Kier molecular flexibility index (Phi) is 3.10. The van der Waals surface area contributed by atoms with E-state index in [4.69, 9.17) is 5.73 Å². The summed E-state index contributed by atoms with van der Waals surface area (Å²) in [5.74, 6) is 0. The zero-order chi connectivity index (χ0) is 8.43. The molecule has 64 valence electrons. The van der Waals surface area contributed by atoms with Crippen LogP contribution in [-0.2, 0) is 0 Å². The molecule has 11 heavy (non-hydrogen) atoms. The van der Waals surface area contributed by atoms with Crippen LogP contribution in [0.3, 0.4) is 0 Å². The van der Waals surface area contributed by atoms with Gasteiger partial charge < -0.3 is 5.73 Å². The van der Waals surface area contributed by atoms with E-state index >= 15 is 0 Å². The lowest BCUT2D eigenvalue weighted by molar-refractivity contribution is 0.152. The molecule has 0 heterocycles. The summed E-state index contributed by atoms with van der Waals surface area (Å²) in [5, 5.41) is 0. The molecular formula is C8H15BrN2. The molecule has 3 heteroatoms. The van der Waals surface area contributed by atoms with E-state index < -0.39 is 0 Å². The van der Waals surface area contributed by atoms with E-state index in [-0.39, 0.29) is 0 Å². The van der Waals surface area contributed by atoms with Crippen LogP contribution in [0.5, 0.6) is 0 Å². The molecule has 1 aliphatic rings. The third-order valence-corrected chi connectivity index (χ3v) is 2.44. The van der Waals surface area contributed by atoms with Gasteiger partial charge in [-0.3, -0.25) is 4.90 Å². The molecule has 1 saturated carbocycles. The molecule has 2 N–H and O–H groups in total. The Morgan fingerprint density at radius 2 is 2.27 bits per heavy atom. The quantitative estimate of drug-likeness (QED) is 0.775. The maximum Gasteiger partial charge on any atom is 0.0293 e. The number of halogens is 1. The van der Waals surface area contributed by atoms with Gasteiger partial charge in [0.15, 0.2) is 0 Å². The Morgan fingerprint density at radius 3 is 2.64 bits per heavy atom. The van der Waals surface area contributed by atoms with E-state index in [0.717, 1.165) is 23.9 Å². The molecule has 0 saturated heterocycles. The van der Waals surface area contributed by atoms with Gasteiger partial charge >= 0.3 is 0 Å². The zero-order valence-electron chi connectivity index (χ0n) is 6.89. The number of rotatable bonds is 3. The highest BCUT2D eigenvalue weighted by Gasteiger charge is 2.28. The maximum absolute atomic E-state index is 5.68. The normalized spacial score (nSPS) is 30.2. The van der Waals surface area contributed by atoms with Crippen molar-refractivity contribution < 1.29 is 0 Å². The topological polar surface area (TPSA) is 29.3 Å². The van der Waals surface area contributed by atoms with Gasteiger partial charge in [-0.05, 0) is 19.9 Å². The molecule has 0 amide bonds. The van der Waals surface area contributed by atoms with Gasteiger partial charge in [-0.1, -0.05) is 22.5 Å². The van der Waals surface area contributed by atoms with Crippen molar-refractivity contribution in [3.05, 3.63) is 11.1 Å². The fourth-order valence-corrected chi connectivity index (χ4v) is 1.79. The molecule has 0 bridgehead atoms. The predicted molar refractivity (Wildman–Crippen MR) is 51.7 cm³/mol. The van der Waals surface area contributed by atoms with Crippen LogP contribution in [0.25, 0.3) is 0 Å². The van der Waals surface area contributed by atoms with Gasteiger partial charge in [0.1, 0.15) is 0 Å². The lowest BCUT2D eigenvalue weighted by Crippen LogP contribution is -2.49. The SMILES string of the molecule is C=C(Br)CN(C)C1CC(N)C1. The molecule has 2 nitrogen and oxygen atoms in total. The van der Waals surface area contributed by atoms with E-state index in [9.17, 15) is 0 Å². The summed E-state index contributed by atoms with van der Waals surface area (Å²) in [7, 11) is 2.11. The van der Waals surface area contributed by atoms with E-state index in [0.29, 0.717) is 12.1 Å². The molecule has 1 rings (SSSR count). The third-order valence-electron chi connectivity index (χ3n) is 2.19. The molecule has 0 radical (unpaired) electrons. The first-order chi connectivity index (χ1) is 5.09. The van der Waals surface area contributed by atoms with Crippen molar-refractivity contribution in [3.63, 3.8) is 0 Å². The molecule has 1 aliphatic carbocycles. The molecular weight excluding hydrogens is 204 g/mol. The van der Waals surface area contributed by atoms with Gasteiger partial charge in [-0.15, -0.1) is 0 Å². The second-order valence-corrected chi connectivity index (χ2v) is 4.44. The Balaban J connectivity index is 2.21. The van der Waals surface area contributed by atoms with Crippen molar-refractivity contribution in [1.82, 2.24) is 4.90 Å². The molecule has 0 aliphatic heterocycles. The summed E-state index contributed by atoms with van der Waals surface area (Å²) < 4.78 is 1.04. The Morgan fingerprint density at radius 1 is 1.73 bits per heavy atom. The average molecular weight is 219 g/mol.